The van der Waals surface area contributed by atoms with Crippen molar-refractivity contribution in [3.8, 4) is 0 Å². The van der Waals surface area contributed by atoms with Crippen LogP contribution in [-0.2, 0) is 7.05 Å². The Hall–Kier alpha value is -2.04. The number of pyridine rings is 1. The highest BCUT2D eigenvalue weighted by atomic mass is 15.2. The molecule has 1 atom stereocenters. The van der Waals surface area contributed by atoms with Gasteiger partial charge in [0.1, 0.15) is 11.6 Å². The summed E-state index contributed by atoms with van der Waals surface area (Å²) in [4.78, 5) is 11.3. The summed E-state index contributed by atoms with van der Waals surface area (Å²) >= 11 is 0. The minimum atomic E-state index is 0.160. The van der Waals surface area contributed by atoms with E-state index >= 15 is 0 Å². The van der Waals surface area contributed by atoms with Gasteiger partial charge in [0.2, 0.25) is 0 Å². The molecule has 1 fully saturated rings. The van der Waals surface area contributed by atoms with Crippen molar-refractivity contribution in [2.45, 2.75) is 32.2 Å². The quantitative estimate of drug-likeness (QED) is 0.938. The number of nitrogens with zero attached hydrogens (tertiary/aromatic N) is 4. The number of hydrogen-bond donors (Lipinski definition) is 1. The zero-order valence-corrected chi connectivity index (χ0v) is 12.8. The van der Waals surface area contributed by atoms with Crippen LogP contribution in [-0.4, -0.2) is 27.6 Å². The van der Waals surface area contributed by atoms with Gasteiger partial charge in [0.25, 0.3) is 0 Å². The minimum Gasteiger partial charge on any atom is -0.374 e. The molecule has 0 spiro atoms. The molecular weight excluding hydrogens is 262 g/mol. The van der Waals surface area contributed by atoms with E-state index in [1.165, 1.54) is 19.3 Å². The molecule has 1 unspecified atom stereocenters. The van der Waals surface area contributed by atoms with E-state index in [1.807, 2.05) is 30.2 Å². The van der Waals surface area contributed by atoms with Gasteiger partial charge < -0.3 is 14.8 Å². The zero-order chi connectivity index (χ0) is 14.7. The number of nitrogens with one attached hydrogen (secondary N) is 1. The molecule has 5 heteroatoms. The van der Waals surface area contributed by atoms with E-state index in [0.717, 1.165) is 30.4 Å². The van der Waals surface area contributed by atoms with Gasteiger partial charge in [-0.05, 0) is 38.3 Å². The summed E-state index contributed by atoms with van der Waals surface area (Å²) in [5, 5.41) is 3.45. The summed E-state index contributed by atoms with van der Waals surface area (Å²) in [5.41, 5.74) is 1.03. The second-order valence-electron chi connectivity index (χ2n) is 5.72. The summed E-state index contributed by atoms with van der Waals surface area (Å²) in [6.07, 6.45) is 9.60. The van der Waals surface area contributed by atoms with E-state index in [4.69, 9.17) is 0 Å². The van der Waals surface area contributed by atoms with Crippen LogP contribution in [0.2, 0.25) is 0 Å². The van der Waals surface area contributed by atoms with Crippen LogP contribution in [0.25, 0.3) is 0 Å². The van der Waals surface area contributed by atoms with Crippen molar-refractivity contribution in [1.82, 2.24) is 14.5 Å². The summed E-state index contributed by atoms with van der Waals surface area (Å²) in [6, 6.07) is 4.38. The molecule has 3 rings (SSSR count). The van der Waals surface area contributed by atoms with Crippen molar-refractivity contribution >= 4 is 11.5 Å². The number of aryl methyl sites for hydroxylation is 1. The van der Waals surface area contributed by atoms with Crippen LogP contribution >= 0.6 is 0 Å². The second-order valence-corrected chi connectivity index (χ2v) is 5.72. The van der Waals surface area contributed by atoms with E-state index in [2.05, 4.69) is 39.2 Å². The smallest absolute Gasteiger partial charge is 0.130 e. The molecule has 1 aliphatic heterocycles. The topological polar surface area (TPSA) is 46.0 Å². The van der Waals surface area contributed by atoms with Crippen LogP contribution in [0.4, 0.5) is 11.5 Å². The number of rotatable bonds is 4. The van der Waals surface area contributed by atoms with Gasteiger partial charge in [-0.25, -0.2) is 9.97 Å². The lowest BCUT2D eigenvalue weighted by atomic mass is 10.1. The van der Waals surface area contributed by atoms with E-state index < -0.39 is 0 Å². The third-order valence-electron chi connectivity index (χ3n) is 4.06. The maximum Gasteiger partial charge on any atom is 0.130 e. The van der Waals surface area contributed by atoms with Crippen LogP contribution < -0.4 is 10.2 Å². The molecule has 0 aliphatic carbocycles. The Morgan fingerprint density at radius 1 is 1.14 bits per heavy atom. The van der Waals surface area contributed by atoms with Crippen molar-refractivity contribution in [1.29, 1.82) is 0 Å². The fourth-order valence-electron chi connectivity index (χ4n) is 2.89. The maximum absolute atomic E-state index is 4.60. The Morgan fingerprint density at radius 3 is 2.57 bits per heavy atom. The van der Waals surface area contributed by atoms with Crippen molar-refractivity contribution in [2.24, 2.45) is 7.05 Å². The Labute approximate surface area is 126 Å². The van der Waals surface area contributed by atoms with Crippen LogP contribution in [0.5, 0.6) is 0 Å². The standard InChI is InChI=1S/C16H23N5/c1-13(16-17-8-11-20(16)2)19-14-6-7-15(18-12-14)21-9-4-3-5-10-21/h6-8,11-13,19H,3-5,9-10H2,1-2H3. The van der Waals surface area contributed by atoms with Gasteiger partial charge >= 0.3 is 0 Å². The lowest BCUT2D eigenvalue weighted by Crippen LogP contribution is -2.30. The van der Waals surface area contributed by atoms with Gasteiger partial charge in [0.05, 0.1) is 17.9 Å². The van der Waals surface area contributed by atoms with Crippen molar-refractivity contribution < 1.29 is 0 Å². The molecule has 2 aromatic heterocycles. The highest BCUT2D eigenvalue weighted by molar-refractivity contribution is 5.49. The Kier molecular flexibility index (Phi) is 4.08. The Bertz CT molecular complexity index is 569. The Balaban J connectivity index is 1.65. The van der Waals surface area contributed by atoms with E-state index in [1.54, 1.807) is 0 Å². The van der Waals surface area contributed by atoms with Crippen LogP contribution in [0, 0.1) is 0 Å². The van der Waals surface area contributed by atoms with E-state index in [9.17, 15) is 0 Å². The molecule has 1 aliphatic rings. The van der Waals surface area contributed by atoms with Crippen molar-refractivity contribution in [2.75, 3.05) is 23.3 Å². The first kappa shape index (κ1) is 13.9. The normalized spacial score (nSPS) is 16.8. The first-order chi connectivity index (χ1) is 10.2. The van der Waals surface area contributed by atoms with Gasteiger partial charge in [-0.1, -0.05) is 0 Å². The summed E-state index contributed by atoms with van der Waals surface area (Å²) in [6.45, 7) is 4.37. The second kappa shape index (κ2) is 6.16. The molecule has 0 amide bonds. The van der Waals surface area contributed by atoms with Gasteiger partial charge in [-0.15, -0.1) is 0 Å². The number of aromatic nitrogens is 3. The fourth-order valence-corrected chi connectivity index (χ4v) is 2.89. The Morgan fingerprint density at radius 2 is 1.95 bits per heavy atom. The average Bonchev–Trinajstić information content (AvgIpc) is 2.95. The monoisotopic (exact) mass is 285 g/mol. The lowest BCUT2D eigenvalue weighted by molar-refractivity contribution is 0.573. The maximum atomic E-state index is 4.60. The van der Waals surface area contributed by atoms with Crippen LogP contribution in [0.3, 0.4) is 0 Å². The lowest BCUT2D eigenvalue weighted by Gasteiger charge is -2.27. The predicted octanol–water partition coefficient (Wildman–Crippen LogP) is 2.98. The highest BCUT2D eigenvalue weighted by Crippen LogP contribution is 2.21. The van der Waals surface area contributed by atoms with Crippen molar-refractivity contribution in [3.05, 3.63) is 36.5 Å². The number of imidazole rings is 1. The zero-order valence-electron chi connectivity index (χ0n) is 12.8. The molecule has 3 heterocycles. The largest absolute Gasteiger partial charge is 0.374 e. The van der Waals surface area contributed by atoms with Gasteiger partial charge in [0, 0.05) is 32.5 Å². The summed E-state index contributed by atoms with van der Waals surface area (Å²) in [7, 11) is 2.01. The molecule has 2 aromatic rings. The molecule has 112 valence electrons. The molecule has 1 N–H and O–H groups in total. The SMILES string of the molecule is CC(Nc1ccc(N2CCCCC2)nc1)c1nccn1C. The van der Waals surface area contributed by atoms with Crippen LogP contribution in [0.15, 0.2) is 30.7 Å². The molecule has 0 saturated carbocycles. The molecule has 0 aromatic carbocycles. The molecular formula is C16H23N5. The minimum absolute atomic E-state index is 0.160. The van der Waals surface area contributed by atoms with Gasteiger partial charge in [-0.3, -0.25) is 0 Å². The molecule has 5 nitrogen and oxygen atoms in total. The third-order valence-corrected chi connectivity index (χ3v) is 4.06. The van der Waals surface area contributed by atoms with Gasteiger partial charge in [-0.2, -0.15) is 0 Å². The first-order valence-corrected chi connectivity index (χ1v) is 7.69. The summed E-state index contributed by atoms with van der Waals surface area (Å²) < 4.78 is 2.03. The number of anilines is 2. The molecule has 21 heavy (non-hydrogen) atoms. The molecule has 0 radical (unpaired) electrons. The van der Waals surface area contributed by atoms with Crippen molar-refractivity contribution in [3.63, 3.8) is 0 Å². The fraction of sp³-hybridized carbons (Fsp3) is 0.500. The number of piperidine rings is 1. The molecule has 0 bridgehead atoms. The molecule has 1 saturated heterocycles. The van der Waals surface area contributed by atoms with E-state index in [-0.39, 0.29) is 6.04 Å². The number of hydrogen-bond acceptors (Lipinski definition) is 4. The third kappa shape index (κ3) is 3.17. The van der Waals surface area contributed by atoms with E-state index in [0.29, 0.717) is 0 Å². The summed E-state index contributed by atoms with van der Waals surface area (Å²) in [5.74, 6) is 2.11. The first-order valence-electron chi connectivity index (χ1n) is 7.69. The highest BCUT2D eigenvalue weighted by Gasteiger charge is 2.13. The van der Waals surface area contributed by atoms with Crippen LogP contribution in [0.1, 0.15) is 38.1 Å². The average molecular weight is 285 g/mol. The van der Waals surface area contributed by atoms with Gasteiger partial charge in [0.15, 0.2) is 0 Å². The predicted molar refractivity (Wildman–Crippen MR) is 85.5 cm³/mol.